The molecule has 78 valence electrons. The second-order valence-electron chi connectivity index (χ2n) is 2.73. The van der Waals surface area contributed by atoms with E-state index in [1.165, 1.54) is 0 Å². The molecule has 0 bridgehead atoms. The minimum Gasteiger partial charge on any atom is -0.478 e. The van der Waals surface area contributed by atoms with Gasteiger partial charge in [0, 0.05) is 0 Å². The van der Waals surface area contributed by atoms with E-state index in [0.717, 1.165) is 18.2 Å². The minimum absolute atomic E-state index is 0.186. The van der Waals surface area contributed by atoms with Crippen molar-refractivity contribution in [2.45, 2.75) is 0 Å². The Balaban J connectivity index is 3.40. The quantitative estimate of drug-likeness (QED) is 0.656. The van der Waals surface area contributed by atoms with Crippen molar-refractivity contribution in [3.8, 4) is 0 Å². The first-order valence-corrected chi connectivity index (χ1v) is 3.84. The number of hydrogen-bond donors (Lipinski definition) is 3. The summed E-state index contributed by atoms with van der Waals surface area (Å²) in [6.45, 7) is 0. The highest BCUT2D eigenvalue weighted by molar-refractivity contribution is 6.05. The van der Waals surface area contributed by atoms with Gasteiger partial charge in [0.1, 0.15) is 0 Å². The molecule has 0 fully saturated rings. The highest BCUT2D eigenvalue weighted by Crippen LogP contribution is 2.12. The summed E-state index contributed by atoms with van der Waals surface area (Å²) in [6, 6.07) is 3.07. The highest BCUT2D eigenvalue weighted by atomic mass is 16.4. The van der Waals surface area contributed by atoms with Gasteiger partial charge in [-0.05, 0) is 18.2 Å². The van der Waals surface area contributed by atoms with E-state index in [1.54, 1.807) is 0 Å². The molecule has 0 aliphatic heterocycles. The number of carbonyl (C=O) groups is 3. The lowest BCUT2D eigenvalue weighted by Crippen LogP contribution is -2.17. The van der Waals surface area contributed by atoms with Crippen LogP contribution in [-0.4, -0.2) is 28.1 Å². The fourth-order valence-corrected chi connectivity index (χ4v) is 1.07. The Labute approximate surface area is 83.9 Å². The summed E-state index contributed by atoms with van der Waals surface area (Å²) in [6.07, 6.45) is 0. The normalized spacial score (nSPS) is 9.60. The third kappa shape index (κ3) is 2.11. The molecule has 15 heavy (non-hydrogen) atoms. The first-order valence-electron chi connectivity index (χ1n) is 3.84. The molecule has 1 aromatic rings. The Morgan fingerprint density at radius 1 is 1.00 bits per heavy atom. The van der Waals surface area contributed by atoms with Gasteiger partial charge in [-0.15, -0.1) is 0 Å². The summed E-state index contributed by atoms with van der Waals surface area (Å²) >= 11 is 0. The largest absolute Gasteiger partial charge is 0.478 e. The number of benzene rings is 1. The van der Waals surface area contributed by atoms with Gasteiger partial charge in [0.15, 0.2) is 0 Å². The lowest BCUT2D eigenvalue weighted by Gasteiger charge is -2.03. The number of carboxylic acid groups (broad SMARTS) is 2. The van der Waals surface area contributed by atoms with Crippen LogP contribution in [0.2, 0.25) is 0 Å². The second kappa shape index (κ2) is 3.79. The molecule has 0 atom stereocenters. The fourth-order valence-electron chi connectivity index (χ4n) is 1.07. The number of hydrogen-bond acceptors (Lipinski definition) is 3. The van der Waals surface area contributed by atoms with Crippen molar-refractivity contribution in [2.75, 3.05) is 0 Å². The number of nitrogens with two attached hydrogens (primary N) is 1. The van der Waals surface area contributed by atoms with Gasteiger partial charge in [0.25, 0.3) is 0 Å². The van der Waals surface area contributed by atoms with Gasteiger partial charge in [0.05, 0.1) is 16.7 Å². The van der Waals surface area contributed by atoms with Crippen LogP contribution in [0.25, 0.3) is 0 Å². The number of carboxylic acids is 2. The maximum atomic E-state index is 10.9. The molecule has 4 N–H and O–H groups in total. The van der Waals surface area contributed by atoms with Crippen molar-refractivity contribution in [3.05, 3.63) is 34.9 Å². The van der Waals surface area contributed by atoms with Crippen LogP contribution in [0.3, 0.4) is 0 Å². The number of aromatic carboxylic acids is 2. The summed E-state index contributed by atoms with van der Waals surface area (Å²) in [5.41, 5.74) is 4.11. The number of primary amides is 1. The third-order valence-corrected chi connectivity index (χ3v) is 1.76. The highest BCUT2D eigenvalue weighted by Gasteiger charge is 2.16. The van der Waals surface area contributed by atoms with Gasteiger partial charge in [-0.1, -0.05) is 0 Å². The van der Waals surface area contributed by atoms with Gasteiger partial charge in [0.2, 0.25) is 5.91 Å². The van der Waals surface area contributed by atoms with Crippen molar-refractivity contribution in [3.63, 3.8) is 0 Å². The average Bonchev–Trinajstić information content (AvgIpc) is 2.16. The predicted molar refractivity (Wildman–Crippen MR) is 48.9 cm³/mol. The van der Waals surface area contributed by atoms with Crippen LogP contribution in [0.1, 0.15) is 31.1 Å². The smallest absolute Gasteiger partial charge is 0.336 e. The summed E-state index contributed by atoms with van der Waals surface area (Å²) in [7, 11) is 0. The van der Waals surface area contributed by atoms with E-state index in [4.69, 9.17) is 15.9 Å². The van der Waals surface area contributed by atoms with Crippen LogP contribution in [-0.2, 0) is 0 Å². The van der Waals surface area contributed by atoms with Gasteiger partial charge >= 0.3 is 11.9 Å². The molecule has 1 aromatic carbocycles. The van der Waals surface area contributed by atoms with Crippen LogP contribution >= 0.6 is 0 Å². The lowest BCUT2D eigenvalue weighted by molar-refractivity contribution is 0.0679. The molecule has 0 radical (unpaired) electrons. The molecular formula is C9H7NO5. The molecule has 0 spiro atoms. The van der Waals surface area contributed by atoms with E-state index in [2.05, 4.69) is 0 Å². The molecule has 0 aliphatic carbocycles. The molecule has 1 rings (SSSR count). The Morgan fingerprint density at radius 2 is 1.60 bits per heavy atom. The standard InChI is InChI=1S/C9H7NO5/c10-7(11)6-3-4(8(12)13)1-2-5(6)9(14)15/h1-3H,(H2,10,11)(H,12,13)(H,14,15). The molecule has 0 aliphatic rings. The summed E-state index contributed by atoms with van der Waals surface area (Å²) in [4.78, 5) is 32.1. The maximum Gasteiger partial charge on any atom is 0.336 e. The SMILES string of the molecule is NC(=O)c1cc(C(=O)O)ccc1C(=O)O. The Kier molecular flexibility index (Phi) is 2.70. The molecular weight excluding hydrogens is 202 g/mol. The van der Waals surface area contributed by atoms with Crippen LogP contribution in [0, 0.1) is 0 Å². The van der Waals surface area contributed by atoms with Crippen molar-refractivity contribution in [2.24, 2.45) is 5.73 Å². The van der Waals surface area contributed by atoms with E-state index < -0.39 is 17.8 Å². The topological polar surface area (TPSA) is 118 Å². The van der Waals surface area contributed by atoms with E-state index in [-0.39, 0.29) is 16.7 Å². The van der Waals surface area contributed by atoms with Crippen LogP contribution < -0.4 is 5.73 Å². The maximum absolute atomic E-state index is 10.9. The monoisotopic (exact) mass is 209 g/mol. The molecule has 0 unspecified atom stereocenters. The second-order valence-corrected chi connectivity index (χ2v) is 2.73. The zero-order valence-corrected chi connectivity index (χ0v) is 7.43. The van der Waals surface area contributed by atoms with Gasteiger partial charge in [-0.3, -0.25) is 4.79 Å². The first-order chi connectivity index (χ1) is 6.93. The Morgan fingerprint density at radius 3 is 2.00 bits per heavy atom. The predicted octanol–water partition coefficient (Wildman–Crippen LogP) is 0.182. The molecule has 6 nitrogen and oxygen atoms in total. The summed E-state index contributed by atoms with van der Waals surface area (Å²) in [5.74, 6) is -3.56. The van der Waals surface area contributed by atoms with Crippen molar-refractivity contribution in [1.29, 1.82) is 0 Å². The van der Waals surface area contributed by atoms with Crippen molar-refractivity contribution in [1.82, 2.24) is 0 Å². The van der Waals surface area contributed by atoms with Gasteiger partial charge in [-0.2, -0.15) is 0 Å². The van der Waals surface area contributed by atoms with Crippen molar-refractivity contribution < 1.29 is 24.6 Å². The first kappa shape index (κ1) is 10.7. The fraction of sp³-hybridized carbons (Fsp3) is 0. The number of amides is 1. The molecule has 1 amide bonds. The Hall–Kier alpha value is -2.37. The molecule has 6 heteroatoms. The summed E-state index contributed by atoms with van der Waals surface area (Å²) in [5, 5.41) is 17.3. The van der Waals surface area contributed by atoms with E-state index in [1.807, 2.05) is 0 Å². The Bertz CT molecular complexity index is 452. The van der Waals surface area contributed by atoms with Gasteiger partial charge in [-0.25, -0.2) is 9.59 Å². The molecule has 0 saturated carbocycles. The van der Waals surface area contributed by atoms with E-state index >= 15 is 0 Å². The molecule has 0 saturated heterocycles. The molecule has 0 heterocycles. The van der Waals surface area contributed by atoms with Gasteiger partial charge < -0.3 is 15.9 Å². The van der Waals surface area contributed by atoms with E-state index in [9.17, 15) is 14.4 Å². The number of rotatable bonds is 3. The van der Waals surface area contributed by atoms with Crippen LogP contribution in [0.15, 0.2) is 18.2 Å². The summed E-state index contributed by atoms with van der Waals surface area (Å²) < 4.78 is 0. The number of carbonyl (C=O) groups excluding carboxylic acids is 1. The molecule has 0 aromatic heterocycles. The zero-order valence-electron chi connectivity index (χ0n) is 7.43. The lowest BCUT2D eigenvalue weighted by atomic mass is 10.0. The zero-order chi connectivity index (χ0) is 11.6. The van der Waals surface area contributed by atoms with Crippen molar-refractivity contribution >= 4 is 17.8 Å². The van der Waals surface area contributed by atoms with E-state index in [0.29, 0.717) is 0 Å². The third-order valence-electron chi connectivity index (χ3n) is 1.76. The average molecular weight is 209 g/mol. The van der Waals surface area contributed by atoms with Crippen LogP contribution in [0.4, 0.5) is 0 Å². The van der Waals surface area contributed by atoms with Crippen LogP contribution in [0.5, 0.6) is 0 Å². The minimum atomic E-state index is -1.33.